The van der Waals surface area contributed by atoms with Gasteiger partial charge in [-0.1, -0.05) is 18.2 Å². The Morgan fingerprint density at radius 1 is 1.00 bits per heavy atom. The molecule has 1 amide bonds. The SMILES string of the molecule is O=C(NCC1=NNN(Cc2cc(C(F)(F)F)cc(C(F)(F)F)c2)C1)c1ccccc1. The van der Waals surface area contributed by atoms with Crippen LogP contribution in [0.2, 0.25) is 0 Å². The van der Waals surface area contributed by atoms with E-state index in [1.165, 1.54) is 5.01 Å². The molecule has 0 aromatic heterocycles. The molecular weight excluding hydrogens is 414 g/mol. The Bertz CT molecular complexity index is 908. The highest BCUT2D eigenvalue weighted by Gasteiger charge is 2.37. The van der Waals surface area contributed by atoms with Crippen LogP contribution in [0.3, 0.4) is 0 Å². The number of rotatable bonds is 5. The van der Waals surface area contributed by atoms with E-state index in [1.807, 2.05) is 0 Å². The van der Waals surface area contributed by atoms with Gasteiger partial charge in [-0.25, -0.2) is 5.53 Å². The van der Waals surface area contributed by atoms with Crippen molar-refractivity contribution in [2.75, 3.05) is 13.1 Å². The minimum atomic E-state index is -4.90. The van der Waals surface area contributed by atoms with Crippen molar-refractivity contribution in [2.45, 2.75) is 18.9 Å². The molecule has 2 N–H and O–H groups in total. The molecule has 1 heterocycles. The van der Waals surface area contributed by atoms with Crippen LogP contribution in [0.1, 0.15) is 27.0 Å². The molecule has 2 aromatic carbocycles. The monoisotopic (exact) mass is 430 g/mol. The van der Waals surface area contributed by atoms with Crippen molar-refractivity contribution >= 4 is 11.6 Å². The molecule has 0 radical (unpaired) electrons. The summed E-state index contributed by atoms with van der Waals surface area (Å²) < 4.78 is 77.8. The third-order valence-electron chi connectivity index (χ3n) is 4.23. The summed E-state index contributed by atoms with van der Waals surface area (Å²) in [6.07, 6.45) is -9.81. The summed E-state index contributed by atoms with van der Waals surface area (Å²) in [5.41, 5.74) is 0.549. The summed E-state index contributed by atoms with van der Waals surface area (Å²) >= 11 is 0. The molecular formula is C19H16F6N4O. The number of hydrogen-bond acceptors (Lipinski definition) is 4. The van der Waals surface area contributed by atoms with Crippen LogP contribution in [0.4, 0.5) is 26.3 Å². The van der Waals surface area contributed by atoms with E-state index in [0.717, 1.165) is 0 Å². The summed E-state index contributed by atoms with van der Waals surface area (Å²) in [4.78, 5) is 12.0. The largest absolute Gasteiger partial charge is 0.416 e. The Hall–Kier alpha value is -3.08. The number of alkyl halides is 6. The van der Waals surface area contributed by atoms with E-state index in [2.05, 4.69) is 16.0 Å². The molecule has 30 heavy (non-hydrogen) atoms. The minimum Gasteiger partial charge on any atom is -0.347 e. The zero-order valence-corrected chi connectivity index (χ0v) is 15.3. The van der Waals surface area contributed by atoms with Crippen molar-refractivity contribution < 1.29 is 31.1 Å². The predicted molar refractivity (Wildman–Crippen MR) is 96.2 cm³/mol. The van der Waals surface area contributed by atoms with Gasteiger partial charge in [-0.15, -0.1) is 0 Å². The molecule has 160 valence electrons. The number of hydrazine groups is 1. The number of carbonyl (C=O) groups excluding carboxylic acids is 1. The first-order valence-electron chi connectivity index (χ1n) is 8.70. The summed E-state index contributed by atoms with van der Waals surface area (Å²) in [6.45, 7) is -0.0487. The third-order valence-corrected chi connectivity index (χ3v) is 4.23. The molecule has 0 bridgehead atoms. The maximum atomic E-state index is 13.0. The number of hydrazone groups is 1. The number of carbonyl (C=O) groups is 1. The van der Waals surface area contributed by atoms with Crippen LogP contribution in [0.5, 0.6) is 0 Å². The molecule has 0 fully saturated rings. The van der Waals surface area contributed by atoms with Gasteiger partial charge in [-0.2, -0.15) is 36.5 Å². The van der Waals surface area contributed by atoms with Gasteiger partial charge in [0.2, 0.25) is 0 Å². The lowest BCUT2D eigenvalue weighted by molar-refractivity contribution is -0.143. The van der Waals surface area contributed by atoms with E-state index in [4.69, 9.17) is 0 Å². The van der Waals surface area contributed by atoms with Gasteiger partial charge in [0.05, 0.1) is 29.9 Å². The normalized spacial score (nSPS) is 14.9. The van der Waals surface area contributed by atoms with Crippen molar-refractivity contribution in [1.82, 2.24) is 15.9 Å². The summed E-state index contributed by atoms with van der Waals surface area (Å²) in [5, 5.41) is 7.95. The molecule has 1 aliphatic heterocycles. The van der Waals surface area contributed by atoms with Crippen molar-refractivity contribution in [3.63, 3.8) is 0 Å². The maximum absolute atomic E-state index is 13.0. The van der Waals surface area contributed by atoms with Gasteiger partial charge in [0.1, 0.15) is 0 Å². The lowest BCUT2D eigenvalue weighted by Gasteiger charge is -2.18. The Balaban J connectivity index is 1.62. The molecule has 1 aliphatic rings. The number of amides is 1. The number of benzene rings is 2. The van der Waals surface area contributed by atoms with Gasteiger partial charge in [0, 0.05) is 12.1 Å². The molecule has 3 rings (SSSR count). The summed E-state index contributed by atoms with van der Waals surface area (Å²) in [6, 6.07) is 9.85. The molecule has 0 saturated carbocycles. The third kappa shape index (κ3) is 5.50. The Kier molecular flexibility index (Phi) is 6.01. The van der Waals surface area contributed by atoms with Crippen LogP contribution < -0.4 is 10.9 Å². The van der Waals surface area contributed by atoms with E-state index in [0.29, 0.717) is 23.4 Å². The van der Waals surface area contributed by atoms with Gasteiger partial charge in [0.15, 0.2) is 0 Å². The highest BCUT2D eigenvalue weighted by atomic mass is 19.4. The zero-order valence-electron chi connectivity index (χ0n) is 15.3. The van der Waals surface area contributed by atoms with Crippen LogP contribution in [0.15, 0.2) is 53.6 Å². The predicted octanol–water partition coefficient (Wildman–Crippen LogP) is 3.83. The molecule has 11 heteroatoms. The molecule has 0 aliphatic carbocycles. The number of halogens is 6. The first kappa shape index (κ1) is 21.6. The van der Waals surface area contributed by atoms with Crippen LogP contribution in [-0.4, -0.2) is 29.7 Å². The number of hydrogen-bond donors (Lipinski definition) is 2. The average molecular weight is 430 g/mol. The lowest BCUT2D eigenvalue weighted by Crippen LogP contribution is -2.34. The van der Waals surface area contributed by atoms with E-state index < -0.39 is 23.5 Å². The second-order valence-corrected chi connectivity index (χ2v) is 6.60. The van der Waals surface area contributed by atoms with E-state index in [-0.39, 0.29) is 37.2 Å². The summed E-state index contributed by atoms with van der Waals surface area (Å²) in [5.74, 6) is -0.329. The van der Waals surface area contributed by atoms with Gasteiger partial charge in [-0.3, -0.25) is 4.79 Å². The van der Waals surface area contributed by atoms with Crippen LogP contribution in [0.25, 0.3) is 0 Å². The van der Waals surface area contributed by atoms with Crippen molar-refractivity contribution in [1.29, 1.82) is 0 Å². The molecule has 0 spiro atoms. The van der Waals surface area contributed by atoms with Gasteiger partial charge >= 0.3 is 12.4 Å². The van der Waals surface area contributed by atoms with Crippen molar-refractivity contribution in [2.24, 2.45) is 5.10 Å². The van der Waals surface area contributed by atoms with Crippen LogP contribution >= 0.6 is 0 Å². The van der Waals surface area contributed by atoms with Gasteiger partial charge < -0.3 is 5.32 Å². The minimum absolute atomic E-state index is 0.0770. The van der Waals surface area contributed by atoms with E-state index in [9.17, 15) is 31.1 Å². The first-order valence-corrected chi connectivity index (χ1v) is 8.70. The standard InChI is InChI=1S/C19H16F6N4O/c20-18(21,22)14-6-12(7-15(8-14)19(23,24)25)10-29-11-16(27-28-29)9-26-17(30)13-4-2-1-3-5-13/h1-8,28H,9-11H2,(H,26,30). The van der Waals surface area contributed by atoms with E-state index >= 15 is 0 Å². The average Bonchev–Trinajstić information content (AvgIpc) is 3.12. The topological polar surface area (TPSA) is 56.7 Å². The zero-order chi connectivity index (χ0) is 21.9. The molecule has 0 unspecified atom stereocenters. The molecule has 5 nitrogen and oxygen atoms in total. The Morgan fingerprint density at radius 2 is 1.60 bits per heavy atom. The molecule has 0 atom stereocenters. The van der Waals surface area contributed by atoms with Crippen LogP contribution in [-0.2, 0) is 18.9 Å². The van der Waals surface area contributed by atoms with Crippen molar-refractivity contribution in [3.05, 3.63) is 70.8 Å². The molecule has 0 saturated heterocycles. The second-order valence-electron chi connectivity index (χ2n) is 6.60. The smallest absolute Gasteiger partial charge is 0.347 e. The fourth-order valence-electron chi connectivity index (χ4n) is 2.82. The quantitative estimate of drug-likeness (QED) is 0.709. The molecule has 2 aromatic rings. The van der Waals surface area contributed by atoms with Gasteiger partial charge in [0.25, 0.3) is 5.91 Å². The first-order chi connectivity index (χ1) is 14.0. The summed E-state index contributed by atoms with van der Waals surface area (Å²) in [7, 11) is 0. The fourth-order valence-corrected chi connectivity index (χ4v) is 2.82. The van der Waals surface area contributed by atoms with Crippen molar-refractivity contribution in [3.8, 4) is 0 Å². The van der Waals surface area contributed by atoms with Crippen LogP contribution in [0, 0.1) is 0 Å². The Morgan fingerprint density at radius 3 is 2.17 bits per heavy atom. The number of nitrogens with zero attached hydrogens (tertiary/aromatic N) is 2. The second kappa shape index (κ2) is 8.34. The number of nitrogens with one attached hydrogen (secondary N) is 2. The van der Waals surface area contributed by atoms with E-state index in [1.54, 1.807) is 30.3 Å². The maximum Gasteiger partial charge on any atom is 0.416 e. The highest BCUT2D eigenvalue weighted by molar-refractivity contribution is 5.98. The Labute approximate surface area is 167 Å². The highest BCUT2D eigenvalue weighted by Crippen LogP contribution is 2.36. The fraction of sp³-hybridized carbons (Fsp3) is 0.263. The lowest BCUT2D eigenvalue weighted by atomic mass is 10.0. The van der Waals surface area contributed by atoms with Gasteiger partial charge in [-0.05, 0) is 35.9 Å².